The largest absolute Gasteiger partial charge is 0.341 e. The van der Waals surface area contributed by atoms with Gasteiger partial charge in [-0.1, -0.05) is 34.6 Å². The third-order valence-corrected chi connectivity index (χ3v) is 3.92. The zero-order valence-electron chi connectivity index (χ0n) is 14.7. The molecule has 1 aliphatic rings. The van der Waals surface area contributed by atoms with Crippen molar-refractivity contribution < 1.29 is 4.79 Å². The van der Waals surface area contributed by atoms with Crippen molar-refractivity contribution in [2.24, 2.45) is 11.8 Å². The van der Waals surface area contributed by atoms with Gasteiger partial charge in [0.05, 0.1) is 6.54 Å². The Kier molecular flexibility index (Phi) is 8.27. The normalized spacial score (nSPS) is 19.0. The van der Waals surface area contributed by atoms with Gasteiger partial charge in [0, 0.05) is 25.7 Å². The first-order chi connectivity index (χ1) is 9.93. The van der Waals surface area contributed by atoms with Crippen LogP contribution in [0.4, 0.5) is 0 Å². The van der Waals surface area contributed by atoms with Crippen LogP contribution in [0, 0.1) is 11.8 Å². The number of amides is 1. The Bertz CT molecular complexity index is 288. The molecular weight excluding hydrogens is 262 g/mol. The molecule has 21 heavy (non-hydrogen) atoms. The van der Waals surface area contributed by atoms with Gasteiger partial charge < -0.3 is 10.2 Å². The van der Waals surface area contributed by atoms with Gasteiger partial charge in [-0.05, 0) is 37.8 Å². The quantitative estimate of drug-likeness (QED) is 0.709. The molecule has 0 saturated carbocycles. The maximum absolute atomic E-state index is 12.7. The van der Waals surface area contributed by atoms with Gasteiger partial charge in [0.15, 0.2) is 0 Å². The minimum atomic E-state index is 0.303. The molecule has 4 heteroatoms. The Balaban J connectivity index is 2.62. The van der Waals surface area contributed by atoms with Crippen molar-refractivity contribution in [3.8, 4) is 0 Å². The van der Waals surface area contributed by atoms with E-state index < -0.39 is 0 Å². The SMILES string of the molecule is CCCN(CC(=O)N(CC(C)C)CC(C)C)C1CCNC1. The van der Waals surface area contributed by atoms with Crippen LogP contribution in [0.3, 0.4) is 0 Å². The summed E-state index contributed by atoms with van der Waals surface area (Å²) in [4.78, 5) is 17.2. The molecule has 0 aromatic carbocycles. The molecule has 0 spiro atoms. The van der Waals surface area contributed by atoms with Crippen molar-refractivity contribution in [1.29, 1.82) is 0 Å². The lowest BCUT2D eigenvalue weighted by atomic mass is 10.1. The first kappa shape index (κ1) is 18.4. The number of nitrogens with zero attached hydrogens (tertiary/aromatic N) is 2. The van der Waals surface area contributed by atoms with E-state index >= 15 is 0 Å². The molecule has 4 nitrogen and oxygen atoms in total. The first-order valence-corrected chi connectivity index (χ1v) is 8.66. The van der Waals surface area contributed by atoms with Crippen LogP contribution in [0.2, 0.25) is 0 Å². The summed E-state index contributed by atoms with van der Waals surface area (Å²) in [6.07, 6.45) is 2.28. The fraction of sp³-hybridized carbons (Fsp3) is 0.941. The zero-order chi connectivity index (χ0) is 15.8. The number of carbonyl (C=O) groups is 1. The number of carbonyl (C=O) groups excluding carboxylic acids is 1. The summed E-state index contributed by atoms with van der Waals surface area (Å²) in [5.41, 5.74) is 0. The van der Waals surface area contributed by atoms with Crippen molar-refractivity contribution in [3.63, 3.8) is 0 Å². The molecule has 1 rings (SSSR count). The van der Waals surface area contributed by atoms with Gasteiger partial charge in [0.1, 0.15) is 0 Å². The fourth-order valence-electron chi connectivity index (χ4n) is 3.06. The van der Waals surface area contributed by atoms with Gasteiger partial charge in [0.2, 0.25) is 5.91 Å². The van der Waals surface area contributed by atoms with Crippen LogP contribution in [0.5, 0.6) is 0 Å². The van der Waals surface area contributed by atoms with Crippen molar-refractivity contribution in [2.75, 3.05) is 39.3 Å². The highest BCUT2D eigenvalue weighted by atomic mass is 16.2. The Morgan fingerprint density at radius 3 is 2.24 bits per heavy atom. The van der Waals surface area contributed by atoms with Gasteiger partial charge in [-0.3, -0.25) is 9.69 Å². The molecule has 124 valence electrons. The molecule has 1 amide bonds. The second-order valence-corrected chi connectivity index (χ2v) is 7.20. The molecule has 1 fully saturated rings. The van der Waals surface area contributed by atoms with E-state index in [-0.39, 0.29) is 0 Å². The molecule has 0 aromatic heterocycles. The molecular formula is C17H35N3O. The second kappa shape index (κ2) is 9.42. The summed E-state index contributed by atoms with van der Waals surface area (Å²) in [5.74, 6) is 1.36. The summed E-state index contributed by atoms with van der Waals surface area (Å²) < 4.78 is 0. The van der Waals surface area contributed by atoms with Crippen molar-refractivity contribution in [1.82, 2.24) is 15.1 Å². The van der Waals surface area contributed by atoms with E-state index in [0.29, 0.717) is 30.3 Å². The lowest BCUT2D eigenvalue weighted by Gasteiger charge is -2.32. The van der Waals surface area contributed by atoms with Gasteiger partial charge in [0.25, 0.3) is 0 Å². The first-order valence-electron chi connectivity index (χ1n) is 8.66. The van der Waals surface area contributed by atoms with E-state index in [1.54, 1.807) is 0 Å². The lowest BCUT2D eigenvalue weighted by molar-refractivity contribution is -0.134. The van der Waals surface area contributed by atoms with E-state index in [1.165, 1.54) is 6.42 Å². The standard InChI is InChI=1S/C17H35N3O/c1-6-9-19(16-7-8-18-10-16)13-17(21)20(11-14(2)3)12-15(4)5/h14-16,18H,6-13H2,1-5H3. The molecule has 1 N–H and O–H groups in total. The third-order valence-electron chi connectivity index (χ3n) is 3.92. The predicted molar refractivity (Wildman–Crippen MR) is 89.4 cm³/mol. The van der Waals surface area contributed by atoms with Crippen LogP contribution in [0.1, 0.15) is 47.5 Å². The summed E-state index contributed by atoms with van der Waals surface area (Å²) in [6.45, 7) is 16.4. The Hall–Kier alpha value is -0.610. The van der Waals surface area contributed by atoms with E-state index in [1.807, 2.05) is 0 Å². The van der Waals surface area contributed by atoms with Crippen LogP contribution in [0.15, 0.2) is 0 Å². The Labute approximate surface area is 131 Å². The topological polar surface area (TPSA) is 35.6 Å². The average Bonchev–Trinajstić information content (AvgIpc) is 2.90. The number of hydrogen-bond donors (Lipinski definition) is 1. The minimum absolute atomic E-state index is 0.303. The van der Waals surface area contributed by atoms with Crippen LogP contribution < -0.4 is 5.32 Å². The molecule has 0 radical (unpaired) electrons. The van der Waals surface area contributed by atoms with Crippen molar-refractivity contribution in [2.45, 2.75) is 53.5 Å². The molecule has 1 saturated heterocycles. The fourth-order valence-corrected chi connectivity index (χ4v) is 3.06. The highest BCUT2D eigenvalue weighted by Crippen LogP contribution is 2.11. The van der Waals surface area contributed by atoms with Crippen molar-refractivity contribution >= 4 is 5.91 Å². The highest BCUT2D eigenvalue weighted by Gasteiger charge is 2.25. The highest BCUT2D eigenvalue weighted by molar-refractivity contribution is 5.78. The second-order valence-electron chi connectivity index (χ2n) is 7.20. The lowest BCUT2D eigenvalue weighted by Crippen LogP contribution is -2.47. The number of rotatable bonds is 9. The third kappa shape index (κ3) is 6.79. The maximum Gasteiger partial charge on any atom is 0.236 e. The number of hydrogen-bond acceptors (Lipinski definition) is 3. The predicted octanol–water partition coefficient (Wildman–Crippen LogP) is 2.20. The Morgan fingerprint density at radius 2 is 1.81 bits per heavy atom. The van der Waals surface area contributed by atoms with Gasteiger partial charge in [-0.15, -0.1) is 0 Å². The minimum Gasteiger partial charge on any atom is -0.341 e. The average molecular weight is 297 g/mol. The van der Waals surface area contributed by atoms with E-state index in [2.05, 4.69) is 49.7 Å². The Morgan fingerprint density at radius 1 is 1.19 bits per heavy atom. The molecule has 0 aromatic rings. The molecule has 0 aliphatic carbocycles. The molecule has 1 atom stereocenters. The summed E-state index contributed by atoms with van der Waals surface area (Å²) in [5, 5.41) is 3.41. The van der Waals surface area contributed by atoms with Gasteiger partial charge >= 0.3 is 0 Å². The molecule has 1 heterocycles. The van der Waals surface area contributed by atoms with E-state index in [9.17, 15) is 4.79 Å². The van der Waals surface area contributed by atoms with Crippen LogP contribution in [0.25, 0.3) is 0 Å². The van der Waals surface area contributed by atoms with E-state index in [4.69, 9.17) is 0 Å². The zero-order valence-corrected chi connectivity index (χ0v) is 14.7. The van der Waals surface area contributed by atoms with Crippen LogP contribution in [-0.4, -0.2) is 61.0 Å². The molecule has 0 bridgehead atoms. The number of nitrogens with one attached hydrogen (secondary N) is 1. The van der Waals surface area contributed by atoms with Crippen molar-refractivity contribution in [3.05, 3.63) is 0 Å². The molecule has 1 aliphatic heterocycles. The summed E-state index contributed by atoms with van der Waals surface area (Å²) in [6, 6.07) is 0.536. The smallest absolute Gasteiger partial charge is 0.236 e. The van der Waals surface area contributed by atoms with E-state index in [0.717, 1.165) is 39.1 Å². The van der Waals surface area contributed by atoms with Gasteiger partial charge in [-0.2, -0.15) is 0 Å². The molecule has 1 unspecified atom stereocenters. The maximum atomic E-state index is 12.7. The van der Waals surface area contributed by atoms with Crippen LogP contribution >= 0.6 is 0 Å². The monoisotopic (exact) mass is 297 g/mol. The van der Waals surface area contributed by atoms with Gasteiger partial charge in [-0.25, -0.2) is 0 Å². The summed E-state index contributed by atoms with van der Waals surface area (Å²) in [7, 11) is 0. The van der Waals surface area contributed by atoms with Crippen LogP contribution in [-0.2, 0) is 4.79 Å². The summed E-state index contributed by atoms with van der Waals surface area (Å²) >= 11 is 0.